The van der Waals surface area contributed by atoms with E-state index in [-0.39, 0.29) is 0 Å². The highest BCUT2D eigenvalue weighted by molar-refractivity contribution is 6.83. The topological polar surface area (TPSA) is 12.0 Å². The van der Waals surface area contributed by atoms with Crippen LogP contribution in [0.2, 0.25) is 19.6 Å². The number of aryl methyl sites for hydroxylation is 1. The molecule has 2 heteroatoms. The van der Waals surface area contributed by atoms with Crippen molar-refractivity contribution < 1.29 is 0 Å². The van der Waals surface area contributed by atoms with Crippen molar-refractivity contribution in [2.45, 2.75) is 26.6 Å². The highest BCUT2D eigenvalue weighted by Crippen LogP contribution is 2.14. The Labute approximate surface area is 93.9 Å². The van der Waals surface area contributed by atoms with E-state index in [4.69, 9.17) is 0 Å². The van der Waals surface area contributed by atoms with Gasteiger partial charge in [-0.15, -0.1) is 5.54 Å². The predicted octanol–water partition coefficient (Wildman–Crippen LogP) is 3.27. The van der Waals surface area contributed by atoms with Crippen LogP contribution in [0.15, 0.2) is 18.2 Å². The summed E-state index contributed by atoms with van der Waals surface area (Å²) in [7, 11) is 0.659. The monoisotopic (exact) mass is 217 g/mol. The molecule has 15 heavy (non-hydrogen) atoms. The summed E-state index contributed by atoms with van der Waals surface area (Å²) in [5.74, 6) is 3.30. The van der Waals surface area contributed by atoms with Gasteiger partial charge >= 0.3 is 0 Å². The summed E-state index contributed by atoms with van der Waals surface area (Å²) in [4.78, 5) is 0. The van der Waals surface area contributed by atoms with Gasteiger partial charge < -0.3 is 5.32 Å². The fourth-order valence-corrected chi connectivity index (χ4v) is 1.68. The molecule has 0 radical (unpaired) electrons. The third kappa shape index (κ3) is 3.81. The summed E-state index contributed by atoms with van der Waals surface area (Å²) in [6, 6.07) is 6.30. The molecule has 1 nitrogen and oxygen atoms in total. The third-order valence-electron chi connectivity index (χ3n) is 2.10. The number of benzene rings is 1. The Hall–Kier alpha value is -1.20. The van der Waals surface area contributed by atoms with E-state index in [2.05, 4.69) is 61.5 Å². The van der Waals surface area contributed by atoms with Gasteiger partial charge in [0.2, 0.25) is 0 Å². The second kappa shape index (κ2) is 4.54. The second-order valence-corrected chi connectivity index (χ2v) is 9.53. The molecule has 0 aromatic heterocycles. The van der Waals surface area contributed by atoms with Crippen LogP contribution < -0.4 is 5.32 Å². The molecule has 0 fully saturated rings. The molecule has 0 unspecified atom stereocenters. The first-order valence-corrected chi connectivity index (χ1v) is 8.74. The number of anilines is 1. The largest absolute Gasteiger partial charge is 0.388 e. The van der Waals surface area contributed by atoms with Crippen LogP contribution in [0.4, 0.5) is 5.69 Å². The second-order valence-electron chi connectivity index (χ2n) is 4.78. The Bertz CT molecular complexity index is 405. The van der Waals surface area contributed by atoms with Crippen LogP contribution in [0.3, 0.4) is 0 Å². The standard InChI is InChI=1S/C13H19NSi/c1-11-6-7-13(14-2)10-12(11)8-9-15(3,4)5/h6-7,10,14H,1-5H3. The normalized spacial score (nSPS) is 10.5. The lowest BCUT2D eigenvalue weighted by atomic mass is 10.1. The van der Waals surface area contributed by atoms with Crippen molar-refractivity contribution in [2.24, 2.45) is 0 Å². The van der Waals surface area contributed by atoms with Gasteiger partial charge in [-0.25, -0.2) is 0 Å². The molecular weight excluding hydrogens is 198 g/mol. The predicted molar refractivity (Wildman–Crippen MR) is 70.9 cm³/mol. The van der Waals surface area contributed by atoms with E-state index in [1.165, 1.54) is 5.56 Å². The molecule has 0 saturated heterocycles. The molecule has 0 aliphatic rings. The van der Waals surface area contributed by atoms with Crippen molar-refractivity contribution in [3.05, 3.63) is 29.3 Å². The molecule has 0 aliphatic carbocycles. The van der Waals surface area contributed by atoms with Gasteiger partial charge in [-0.2, -0.15) is 0 Å². The zero-order chi connectivity index (χ0) is 11.5. The Morgan fingerprint density at radius 1 is 1.20 bits per heavy atom. The molecule has 0 heterocycles. The summed E-state index contributed by atoms with van der Waals surface area (Å²) < 4.78 is 0. The minimum atomic E-state index is -1.27. The minimum absolute atomic E-state index is 1.13. The quantitative estimate of drug-likeness (QED) is 0.562. The Morgan fingerprint density at radius 3 is 2.40 bits per heavy atom. The van der Waals surface area contributed by atoms with E-state index >= 15 is 0 Å². The summed E-state index contributed by atoms with van der Waals surface area (Å²) >= 11 is 0. The van der Waals surface area contributed by atoms with Gasteiger partial charge in [0.1, 0.15) is 8.07 Å². The summed E-state index contributed by atoms with van der Waals surface area (Å²) in [6.45, 7) is 8.89. The van der Waals surface area contributed by atoms with Gasteiger partial charge in [-0.1, -0.05) is 31.6 Å². The van der Waals surface area contributed by atoms with Crippen molar-refractivity contribution in [1.82, 2.24) is 0 Å². The smallest absolute Gasteiger partial charge is 0.129 e. The maximum atomic E-state index is 3.39. The fourth-order valence-electron chi connectivity index (χ4n) is 1.17. The van der Waals surface area contributed by atoms with E-state index in [9.17, 15) is 0 Å². The van der Waals surface area contributed by atoms with E-state index < -0.39 is 8.07 Å². The zero-order valence-corrected chi connectivity index (χ0v) is 11.2. The number of hydrogen-bond acceptors (Lipinski definition) is 1. The van der Waals surface area contributed by atoms with Gasteiger partial charge in [0.25, 0.3) is 0 Å². The van der Waals surface area contributed by atoms with Crippen molar-refractivity contribution >= 4 is 13.8 Å². The Morgan fingerprint density at radius 2 is 1.87 bits per heavy atom. The number of rotatable bonds is 1. The van der Waals surface area contributed by atoms with E-state index in [1.807, 2.05) is 7.05 Å². The van der Waals surface area contributed by atoms with Crippen LogP contribution >= 0.6 is 0 Å². The first-order valence-electron chi connectivity index (χ1n) is 5.24. The maximum Gasteiger partial charge on any atom is 0.129 e. The highest BCUT2D eigenvalue weighted by Gasteiger charge is 2.07. The molecule has 0 spiro atoms. The van der Waals surface area contributed by atoms with Gasteiger partial charge in [0.05, 0.1) is 0 Å². The third-order valence-corrected chi connectivity index (χ3v) is 2.97. The van der Waals surface area contributed by atoms with Crippen LogP contribution in [-0.2, 0) is 0 Å². The van der Waals surface area contributed by atoms with Gasteiger partial charge in [0.15, 0.2) is 0 Å². The average Bonchev–Trinajstić information content (AvgIpc) is 2.15. The van der Waals surface area contributed by atoms with Crippen molar-refractivity contribution in [1.29, 1.82) is 0 Å². The molecule has 80 valence electrons. The number of nitrogens with one attached hydrogen (secondary N) is 1. The molecule has 1 aromatic rings. The molecule has 0 amide bonds. The van der Waals surface area contributed by atoms with Gasteiger partial charge in [0, 0.05) is 18.3 Å². The lowest BCUT2D eigenvalue weighted by Crippen LogP contribution is -2.16. The lowest BCUT2D eigenvalue weighted by molar-refractivity contribution is 1.41. The van der Waals surface area contributed by atoms with Crippen molar-refractivity contribution in [2.75, 3.05) is 12.4 Å². The van der Waals surface area contributed by atoms with Crippen molar-refractivity contribution in [3.63, 3.8) is 0 Å². The Kier molecular flexibility index (Phi) is 3.60. The number of hydrogen-bond donors (Lipinski definition) is 1. The maximum absolute atomic E-state index is 3.39. The molecule has 1 aromatic carbocycles. The SMILES string of the molecule is CNc1ccc(C)c(C#C[Si](C)(C)C)c1. The van der Waals surface area contributed by atoms with Crippen molar-refractivity contribution in [3.8, 4) is 11.5 Å². The lowest BCUT2D eigenvalue weighted by Gasteiger charge is -2.06. The molecular formula is C13H19NSi. The van der Waals surface area contributed by atoms with Crippen LogP contribution in [-0.4, -0.2) is 15.1 Å². The van der Waals surface area contributed by atoms with Gasteiger partial charge in [-0.05, 0) is 24.6 Å². The average molecular weight is 217 g/mol. The Balaban J connectivity index is 3.07. The van der Waals surface area contributed by atoms with E-state index in [1.54, 1.807) is 0 Å². The van der Waals surface area contributed by atoms with Crippen LogP contribution in [0.5, 0.6) is 0 Å². The van der Waals surface area contributed by atoms with Crippen LogP contribution in [0.1, 0.15) is 11.1 Å². The van der Waals surface area contributed by atoms with Crippen LogP contribution in [0.25, 0.3) is 0 Å². The van der Waals surface area contributed by atoms with Crippen LogP contribution in [0, 0.1) is 18.4 Å². The highest BCUT2D eigenvalue weighted by atomic mass is 28.3. The zero-order valence-electron chi connectivity index (χ0n) is 10.2. The molecule has 1 rings (SSSR count). The molecule has 0 atom stereocenters. The molecule has 0 saturated carbocycles. The fraction of sp³-hybridized carbons (Fsp3) is 0.385. The summed E-state index contributed by atoms with van der Waals surface area (Å²) in [5, 5.41) is 3.14. The first-order chi connectivity index (χ1) is 6.92. The molecule has 0 bridgehead atoms. The summed E-state index contributed by atoms with van der Waals surface area (Å²) in [5.41, 5.74) is 6.91. The molecule has 0 aliphatic heterocycles. The minimum Gasteiger partial charge on any atom is -0.388 e. The van der Waals surface area contributed by atoms with E-state index in [0.29, 0.717) is 0 Å². The summed E-state index contributed by atoms with van der Waals surface area (Å²) in [6.07, 6.45) is 0. The first kappa shape index (κ1) is 11.9. The van der Waals surface area contributed by atoms with E-state index in [0.717, 1.165) is 11.3 Å². The van der Waals surface area contributed by atoms with Gasteiger partial charge in [-0.3, -0.25) is 0 Å². The molecule has 1 N–H and O–H groups in total.